The van der Waals surface area contributed by atoms with E-state index in [0.717, 1.165) is 5.56 Å². The Morgan fingerprint density at radius 3 is 2.40 bits per heavy atom. The topological polar surface area (TPSA) is 92.5 Å². The Labute approximate surface area is 184 Å². The number of piperidine rings is 1. The lowest BCUT2D eigenvalue weighted by Gasteiger charge is -2.31. The van der Waals surface area contributed by atoms with Crippen molar-refractivity contribution in [3.05, 3.63) is 69.7 Å². The van der Waals surface area contributed by atoms with Gasteiger partial charge in [-0.25, -0.2) is 0 Å². The number of likely N-dealkylation sites (tertiary alicyclic amines) is 1. The fourth-order valence-corrected chi connectivity index (χ4v) is 3.58. The molecule has 0 bridgehead atoms. The molecule has 1 saturated heterocycles. The van der Waals surface area contributed by atoms with Gasteiger partial charge in [-0.3, -0.25) is 14.4 Å². The van der Waals surface area contributed by atoms with Crippen LogP contribution in [0.4, 0.5) is 5.69 Å². The lowest BCUT2D eigenvalue weighted by Crippen LogP contribution is -2.42. The largest absolute Gasteiger partial charge is 0.369 e. The summed E-state index contributed by atoms with van der Waals surface area (Å²) in [5, 5.41) is 3.58. The summed E-state index contributed by atoms with van der Waals surface area (Å²) < 4.78 is 0. The summed E-state index contributed by atoms with van der Waals surface area (Å²) in [7, 11) is 0. The van der Waals surface area contributed by atoms with Gasteiger partial charge in [0.05, 0.1) is 21.3 Å². The minimum Gasteiger partial charge on any atom is -0.369 e. The summed E-state index contributed by atoms with van der Waals surface area (Å²) in [5.41, 5.74) is 6.89. The number of nitrogens with one attached hydrogen (secondary N) is 1. The van der Waals surface area contributed by atoms with Gasteiger partial charge >= 0.3 is 0 Å². The van der Waals surface area contributed by atoms with Crippen LogP contribution < -0.4 is 11.1 Å². The molecule has 156 valence electrons. The summed E-state index contributed by atoms with van der Waals surface area (Å²) in [6.45, 7) is 0.901. The number of carbonyl (C=O) groups excluding carboxylic acids is 3. The van der Waals surface area contributed by atoms with Crippen molar-refractivity contribution in [1.82, 2.24) is 4.90 Å². The molecule has 1 heterocycles. The standard InChI is InChI=1S/C22H21Cl2N3O3/c23-17-7-5-14(13-18(17)24)6-8-20(28)26-19-4-2-1-3-16(19)22(30)27-11-9-15(10-12-27)21(25)29/h1-8,13,15H,9-12H2,(H2,25,29)(H,26,28). The number of carbonyl (C=O) groups is 3. The van der Waals surface area contributed by atoms with E-state index < -0.39 is 0 Å². The molecule has 0 saturated carbocycles. The molecule has 6 nitrogen and oxygen atoms in total. The molecular weight excluding hydrogens is 425 g/mol. The van der Waals surface area contributed by atoms with Crippen LogP contribution in [0.3, 0.4) is 0 Å². The zero-order valence-electron chi connectivity index (χ0n) is 16.1. The van der Waals surface area contributed by atoms with Crippen molar-refractivity contribution in [3.63, 3.8) is 0 Å². The Kier molecular flexibility index (Phi) is 7.13. The number of nitrogens with zero attached hydrogens (tertiary/aromatic N) is 1. The van der Waals surface area contributed by atoms with Crippen molar-refractivity contribution in [1.29, 1.82) is 0 Å². The summed E-state index contributed by atoms with van der Waals surface area (Å²) in [5.74, 6) is -1.10. The first kappa shape index (κ1) is 21.9. The molecule has 1 aliphatic heterocycles. The summed E-state index contributed by atoms with van der Waals surface area (Å²) in [6.07, 6.45) is 4.06. The quantitative estimate of drug-likeness (QED) is 0.681. The molecule has 30 heavy (non-hydrogen) atoms. The fourth-order valence-electron chi connectivity index (χ4n) is 3.28. The average Bonchev–Trinajstić information content (AvgIpc) is 2.74. The third-order valence-electron chi connectivity index (χ3n) is 4.97. The van der Waals surface area contributed by atoms with Crippen LogP contribution in [0.1, 0.15) is 28.8 Å². The molecular formula is C22H21Cl2N3O3. The van der Waals surface area contributed by atoms with Crippen LogP contribution in [-0.4, -0.2) is 35.7 Å². The number of para-hydroxylation sites is 1. The van der Waals surface area contributed by atoms with E-state index in [9.17, 15) is 14.4 Å². The molecule has 3 rings (SSSR count). The zero-order chi connectivity index (χ0) is 21.7. The minimum absolute atomic E-state index is 0.192. The van der Waals surface area contributed by atoms with E-state index >= 15 is 0 Å². The Hall–Kier alpha value is -2.83. The summed E-state index contributed by atoms with van der Waals surface area (Å²) >= 11 is 11.9. The Balaban J connectivity index is 1.68. The van der Waals surface area contributed by atoms with Crippen molar-refractivity contribution >= 4 is 52.7 Å². The highest BCUT2D eigenvalue weighted by atomic mass is 35.5. The van der Waals surface area contributed by atoms with E-state index in [-0.39, 0.29) is 23.6 Å². The second-order valence-electron chi connectivity index (χ2n) is 7.01. The number of rotatable bonds is 5. The Morgan fingerprint density at radius 1 is 1.03 bits per heavy atom. The maximum absolute atomic E-state index is 12.9. The smallest absolute Gasteiger partial charge is 0.255 e. The first-order valence-electron chi connectivity index (χ1n) is 9.47. The number of hydrogen-bond acceptors (Lipinski definition) is 3. The lowest BCUT2D eigenvalue weighted by atomic mass is 9.95. The molecule has 0 radical (unpaired) electrons. The van der Waals surface area contributed by atoms with E-state index in [1.54, 1.807) is 53.4 Å². The van der Waals surface area contributed by atoms with Gasteiger partial charge in [0.25, 0.3) is 5.91 Å². The van der Waals surface area contributed by atoms with Gasteiger partial charge in [-0.15, -0.1) is 0 Å². The normalized spacial score (nSPS) is 14.7. The molecule has 1 fully saturated rings. The maximum atomic E-state index is 12.9. The first-order valence-corrected chi connectivity index (χ1v) is 10.2. The summed E-state index contributed by atoms with van der Waals surface area (Å²) in [4.78, 5) is 38.3. The Bertz CT molecular complexity index is 999. The SMILES string of the molecule is NC(=O)C1CCN(C(=O)c2ccccc2NC(=O)C=Cc2ccc(Cl)c(Cl)c2)CC1. The lowest BCUT2D eigenvalue weighted by molar-refractivity contribution is -0.123. The van der Waals surface area contributed by atoms with Crippen molar-refractivity contribution in [3.8, 4) is 0 Å². The van der Waals surface area contributed by atoms with Crippen molar-refractivity contribution in [2.24, 2.45) is 11.7 Å². The fraction of sp³-hybridized carbons (Fsp3) is 0.227. The number of anilines is 1. The molecule has 8 heteroatoms. The van der Waals surface area contributed by atoms with Crippen LogP contribution >= 0.6 is 23.2 Å². The van der Waals surface area contributed by atoms with Gasteiger partial charge in [-0.05, 0) is 48.7 Å². The zero-order valence-corrected chi connectivity index (χ0v) is 17.6. The van der Waals surface area contributed by atoms with Crippen LogP contribution in [0, 0.1) is 5.92 Å². The van der Waals surface area contributed by atoms with Crippen molar-refractivity contribution in [2.75, 3.05) is 18.4 Å². The highest BCUT2D eigenvalue weighted by Gasteiger charge is 2.27. The molecule has 0 atom stereocenters. The third kappa shape index (κ3) is 5.40. The van der Waals surface area contributed by atoms with E-state index in [4.69, 9.17) is 28.9 Å². The van der Waals surface area contributed by atoms with Crippen LogP contribution in [0.15, 0.2) is 48.5 Å². The molecule has 0 aliphatic carbocycles. The number of halogens is 2. The van der Waals surface area contributed by atoms with Crippen molar-refractivity contribution in [2.45, 2.75) is 12.8 Å². The highest BCUT2D eigenvalue weighted by Crippen LogP contribution is 2.24. The second kappa shape index (κ2) is 9.78. The van der Waals surface area contributed by atoms with Gasteiger partial charge in [0.2, 0.25) is 11.8 Å². The van der Waals surface area contributed by atoms with Gasteiger partial charge in [0, 0.05) is 25.1 Å². The van der Waals surface area contributed by atoms with Crippen LogP contribution in [0.25, 0.3) is 6.08 Å². The van der Waals surface area contributed by atoms with E-state index in [2.05, 4.69) is 5.32 Å². The molecule has 2 aromatic rings. The number of hydrogen-bond donors (Lipinski definition) is 2. The molecule has 1 aliphatic rings. The van der Waals surface area contributed by atoms with E-state index in [1.807, 2.05) is 0 Å². The van der Waals surface area contributed by atoms with Crippen molar-refractivity contribution < 1.29 is 14.4 Å². The number of amides is 3. The maximum Gasteiger partial charge on any atom is 0.255 e. The minimum atomic E-state index is -0.381. The Morgan fingerprint density at radius 2 is 1.73 bits per heavy atom. The van der Waals surface area contributed by atoms with E-state index in [0.29, 0.717) is 47.2 Å². The summed E-state index contributed by atoms with van der Waals surface area (Å²) in [6, 6.07) is 11.9. The average molecular weight is 446 g/mol. The van der Waals surface area contributed by atoms with Crippen LogP contribution in [-0.2, 0) is 9.59 Å². The van der Waals surface area contributed by atoms with Crippen LogP contribution in [0.2, 0.25) is 10.0 Å². The molecule has 0 unspecified atom stereocenters. The predicted molar refractivity (Wildman–Crippen MR) is 118 cm³/mol. The van der Waals surface area contributed by atoms with Gasteiger partial charge in [-0.2, -0.15) is 0 Å². The number of benzene rings is 2. The highest BCUT2D eigenvalue weighted by molar-refractivity contribution is 6.42. The van der Waals surface area contributed by atoms with Gasteiger partial charge < -0.3 is 16.0 Å². The second-order valence-corrected chi connectivity index (χ2v) is 7.82. The molecule has 2 aromatic carbocycles. The van der Waals surface area contributed by atoms with E-state index in [1.165, 1.54) is 6.08 Å². The molecule has 0 spiro atoms. The predicted octanol–water partition coefficient (Wildman–Crippen LogP) is 3.98. The molecule has 3 amide bonds. The third-order valence-corrected chi connectivity index (χ3v) is 5.71. The number of nitrogens with two attached hydrogens (primary N) is 1. The van der Waals surface area contributed by atoms with Gasteiger partial charge in [0.1, 0.15) is 0 Å². The first-order chi connectivity index (χ1) is 14.3. The molecule has 0 aromatic heterocycles. The van der Waals surface area contributed by atoms with Gasteiger partial charge in [-0.1, -0.05) is 41.4 Å². The van der Waals surface area contributed by atoms with Crippen LogP contribution in [0.5, 0.6) is 0 Å². The number of primary amides is 1. The monoisotopic (exact) mass is 445 g/mol. The molecule has 3 N–H and O–H groups in total. The van der Waals surface area contributed by atoms with Gasteiger partial charge in [0.15, 0.2) is 0 Å².